The fourth-order valence-corrected chi connectivity index (χ4v) is 4.21. The minimum atomic E-state index is -0.202. The van der Waals surface area contributed by atoms with Gasteiger partial charge >= 0.3 is 0 Å². The van der Waals surface area contributed by atoms with Crippen molar-refractivity contribution in [2.45, 2.75) is 46.1 Å². The zero-order valence-corrected chi connectivity index (χ0v) is 18.7. The Bertz CT molecular complexity index is 1100. The number of aromatic nitrogens is 4. The van der Waals surface area contributed by atoms with E-state index < -0.39 is 0 Å². The first-order valence-electron chi connectivity index (χ1n) is 10.9. The fourth-order valence-electron chi connectivity index (χ4n) is 4.21. The summed E-state index contributed by atoms with van der Waals surface area (Å²) in [6.07, 6.45) is 4.02. The molecule has 9 heteroatoms. The Hall–Kier alpha value is -3.49. The predicted octanol–water partition coefficient (Wildman–Crippen LogP) is 1.91. The molecule has 0 aliphatic carbocycles. The van der Waals surface area contributed by atoms with Gasteiger partial charge in [-0.25, -0.2) is 0 Å². The SMILES string of the molecule is Cc1noc(C)c1CCC(=O)N1CCc2c(c(CCNC(=O)c3ccccn3)nn2C)C1. The van der Waals surface area contributed by atoms with Crippen LogP contribution in [0.5, 0.6) is 0 Å². The van der Waals surface area contributed by atoms with E-state index in [1.54, 1.807) is 24.4 Å². The minimum Gasteiger partial charge on any atom is -0.361 e. The van der Waals surface area contributed by atoms with Crippen LogP contribution in [0.25, 0.3) is 0 Å². The molecule has 0 radical (unpaired) electrons. The lowest BCUT2D eigenvalue weighted by molar-refractivity contribution is -0.132. The van der Waals surface area contributed by atoms with Crippen LogP contribution < -0.4 is 5.32 Å². The summed E-state index contributed by atoms with van der Waals surface area (Å²) in [4.78, 5) is 31.1. The molecule has 1 aliphatic rings. The standard InChI is InChI=1S/C23H28N6O3/c1-15-17(16(2)32-27-15)7-8-22(30)29-13-10-21-18(14-29)19(26-28(21)3)9-12-25-23(31)20-6-4-5-11-24-20/h4-6,11H,7-10,12-14H2,1-3H3,(H,25,31). The minimum absolute atomic E-state index is 0.119. The van der Waals surface area contributed by atoms with E-state index in [9.17, 15) is 9.59 Å². The second-order valence-electron chi connectivity index (χ2n) is 8.08. The number of carbonyl (C=O) groups excluding carboxylic acids is 2. The van der Waals surface area contributed by atoms with Crippen LogP contribution in [0.2, 0.25) is 0 Å². The van der Waals surface area contributed by atoms with E-state index in [1.807, 2.05) is 30.5 Å². The molecule has 3 aromatic heterocycles. The van der Waals surface area contributed by atoms with Crippen LogP contribution in [0.15, 0.2) is 28.9 Å². The molecule has 0 spiro atoms. The molecule has 168 valence electrons. The molecule has 4 heterocycles. The van der Waals surface area contributed by atoms with Gasteiger partial charge in [0, 0.05) is 69.0 Å². The maximum absolute atomic E-state index is 12.9. The number of nitrogens with zero attached hydrogens (tertiary/aromatic N) is 5. The summed E-state index contributed by atoms with van der Waals surface area (Å²) in [5.74, 6) is 0.693. The number of pyridine rings is 1. The summed E-state index contributed by atoms with van der Waals surface area (Å²) < 4.78 is 7.10. The van der Waals surface area contributed by atoms with Crippen molar-refractivity contribution < 1.29 is 14.1 Å². The van der Waals surface area contributed by atoms with Gasteiger partial charge in [-0.1, -0.05) is 11.2 Å². The first-order chi connectivity index (χ1) is 15.4. The molecule has 0 saturated heterocycles. The highest BCUT2D eigenvalue weighted by molar-refractivity contribution is 5.92. The van der Waals surface area contributed by atoms with Gasteiger partial charge in [0.05, 0.1) is 11.4 Å². The maximum Gasteiger partial charge on any atom is 0.269 e. The highest BCUT2D eigenvalue weighted by atomic mass is 16.5. The zero-order chi connectivity index (χ0) is 22.7. The quantitative estimate of drug-likeness (QED) is 0.606. The number of carbonyl (C=O) groups is 2. The van der Waals surface area contributed by atoms with E-state index in [-0.39, 0.29) is 11.8 Å². The van der Waals surface area contributed by atoms with E-state index >= 15 is 0 Å². The van der Waals surface area contributed by atoms with Gasteiger partial charge in [0.2, 0.25) is 5.91 Å². The van der Waals surface area contributed by atoms with Crippen molar-refractivity contribution in [1.29, 1.82) is 0 Å². The molecular formula is C23H28N6O3. The van der Waals surface area contributed by atoms with Gasteiger partial charge < -0.3 is 14.7 Å². The number of amides is 2. The normalized spacial score (nSPS) is 13.2. The predicted molar refractivity (Wildman–Crippen MR) is 117 cm³/mol. The van der Waals surface area contributed by atoms with E-state index in [2.05, 4.69) is 20.6 Å². The van der Waals surface area contributed by atoms with Crippen molar-refractivity contribution in [1.82, 2.24) is 30.1 Å². The van der Waals surface area contributed by atoms with Crippen LogP contribution in [0.3, 0.4) is 0 Å². The molecule has 9 nitrogen and oxygen atoms in total. The van der Waals surface area contributed by atoms with Gasteiger partial charge in [-0.15, -0.1) is 0 Å². The van der Waals surface area contributed by atoms with E-state index in [0.717, 1.165) is 40.4 Å². The number of aryl methyl sites for hydroxylation is 3. The van der Waals surface area contributed by atoms with Crippen LogP contribution in [0.4, 0.5) is 0 Å². The Balaban J connectivity index is 1.36. The number of rotatable bonds is 7. The first-order valence-corrected chi connectivity index (χ1v) is 10.9. The highest BCUT2D eigenvalue weighted by Crippen LogP contribution is 2.24. The third kappa shape index (κ3) is 4.56. The molecule has 0 unspecified atom stereocenters. The van der Waals surface area contributed by atoms with Crippen LogP contribution >= 0.6 is 0 Å². The Labute approximate surface area is 186 Å². The summed E-state index contributed by atoms with van der Waals surface area (Å²) in [6.45, 7) is 5.47. The molecule has 0 saturated carbocycles. The second kappa shape index (κ2) is 9.33. The summed E-state index contributed by atoms with van der Waals surface area (Å²) in [6, 6.07) is 5.25. The third-order valence-electron chi connectivity index (χ3n) is 5.99. The molecule has 0 bridgehead atoms. The molecule has 3 aromatic rings. The van der Waals surface area contributed by atoms with Gasteiger partial charge in [0.1, 0.15) is 11.5 Å². The molecule has 0 aromatic carbocycles. The van der Waals surface area contributed by atoms with Gasteiger partial charge in [-0.2, -0.15) is 5.10 Å². The molecule has 1 aliphatic heterocycles. The monoisotopic (exact) mass is 436 g/mol. The van der Waals surface area contributed by atoms with Gasteiger partial charge in [-0.05, 0) is 32.4 Å². The van der Waals surface area contributed by atoms with Crippen molar-refractivity contribution in [3.63, 3.8) is 0 Å². The molecular weight excluding hydrogens is 408 g/mol. The third-order valence-corrected chi connectivity index (χ3v) is 5.99. The number of fused-ring (bicyclic) bond motifs is 1. The Morgan fingerprint density at radius 1 is 1.22 bits per heavy atom. The second-order valence-corrected chi connectivity index (χ2v) is 8.08. The first kappa shape index (κ1) is 21.7. The molecule has 32 heavy (non-hydrogen) atoms. The topological polar surface area (TPSA) is 106 Å². The van der Waals surface area contributed by atoms with Crippen LogP contribution in [0, 0.1) is 13.8 Å². The molecule has 2 amide bonds. The van der Waals surface area contributed by atoms with Gasteiger partial charge in [0.15, 0.2) is 0 Å². The lowest BCUT2D eigenvalue weighted by atomic mass is 10.0. The molecule has 1 N–H and O–H groups in total. The number of hydrogen-bond acceptors (Lipinski definition) is 6. The van der Waals surface area contributed by atoms with E-state index in [1.165, 1.54) is 0 Å². The average Bonchev–Trinajstić information content (AvgIpc) is 3.30. The fraction of sp³-hybridized carbons (Fsp3) is 0.435. The smallest absolute Gasteiger partial charge is 0.269 e. The number of nitrogens with one attached hydrogen (secondary N) is 1. The van der Waals surface area contributed by atoms with Crippen molar-refractivity contribution in [2.75, 3.05) is 13.1 Å². The van der Waals surface area contributed by atoms with Gasteiger partial charge in [-0.3, -0.25) is 19.3 Å². The zero-order valence-electron chi connectivity index (χ0n) is 18.7. The van der Waals surface area contributed by atoms with Gasteiger partial charge in [0.25, 0.3) is 5.91 Å². The van der Waals surface area contributed by atoms with Crippen LogP contribution in [-0.2, 0) is 37.6 Å². The van der Waals surface area contributed by atoms with Crippen molar-refractivity contribution in [2.24, 2.45) is 7.05 Å². The molecule has 0 atom stereocenters. The Morgan fingerprint density at radius 2 is 2.06 bits per heavy atom. The van der Waals surface area contributed by atoms with Crippen LogP contribution in [-0.4, -0.2) is 49.7 Å². The lowest BCUT2D eigenvalue weighted by Crippen LogP contribution is -2.36. The molecule has 0 fully saturated rings. The summed E-state index contributed by atoms with van der Waals surface area (Å²) >= 11 is 0. The van der Waals surface area contributed by atoms with E-state index in [4.69, 9.17) is 4.52 Å². The highest BCUT2D eigenvalue weighted by Gasteiger charge is 2.26. The van der Waals surface area contributed by atoms with Crippen LogP contribution in [0.1, 0.15) is 50.9 Å². The largest absolute Gasteiger partial charge is 0.361 e. The maximum atomic E-state index is 12.9. The van der Waals surface area contributed by atoms with Crippen molar-refractivity contribution in [3.05, 3.63) is 64.1 Å². The Kier molecular flexibility index (Phi) is 6.34. The summed E-state index contributed by atoms with van der Waals surface area (Å²) in [7, 11) is 1.93. The van der Waals surface area contributed by atoms with E-state index in [0.29, 0.717) is 44.6 Å². The number of hydrogen-bond donors (Lipinski definition) is 1. The van der Waals surface area contributed by atoms with Crippen molar-refractivity contribution >= 4 is 11.8 Å². The van der Waals surface area contributed by atoms with Crippen molar-refractivity contribution in [3.8, 4) is 0 Å². The Morgan fingerprint density at radius 3 is 2.78 bits per heavy atom. The average molecular weight is 437 g/mol. The lowest BCUT2D eigenvalue weighted by Gasteiger charge is -2.28. The summed E-state index contributed by atoms with van der Waals surface area (Å²) in [5, 5.41) is 11.5. The summed E-state index contributed by atoms with van der Waals surface area (Å²) in [5.41, 5.74) is 5.43. The molecule has 4 rings (SSSR count).